The van der Waals surface area contributed by atoms with E-state index < -0.39 is 0 Å². The molecule has 0 aliphatic rings. The molecular formula is C14H14N2S. The summed E-state index contributed by atoms with van der Waals surface area (Å²) in [5, 5.41) is 3.20. The highest BCUT2D eigenvalue weighted by Crippen LogP contribution is 2.13. The van der Waals surface area contributed by atoms with Crippen LogP contribution in [0.15, 0.2) is 54.6 Å². The summed E-state index contributed by atoms with van der Waals surface area (Å²) in [6.07, 6.45) is 0.939. The van der Waals surface area contributed by atoms with Gasteiger partial charge in [0.25, 0.3) is 0 Å². The van der Waals surface area contributed by atoms with Crippen molar-refractivity contribution in [2.45, 2.75) is 6.42 Å². The van der Waals surface area contributed by atoms with Gasteiger partial charge in [-0.05, 0) is 41.9 Å². The average Bonchev–Trinajstić information content (AvgIpc) is 2.32. The molecule has 2 aromatic rings. The molecule has 0 bridgehead atoms. The van der Waals surface area contributed by atoms with E-state index in [-0.39, 0.29) is 0 Å². The zero-order valence-electron chi connectivity index (χ0n) is 9.39. The SMILES string of the molecule is NC(=S)Nc1ccc(Cc2ccccc2)cc1. The van der Waals surface area contributed by atoms with Crippen LogP contribution in [0.25, 0.3) is 0 Å². The van der Waals surface area contributed by atoms with E-state index in [1.807, 2.05) is 18.2 Å². The van der Waals surface area contributed by atoms with Crippen LogP contribution in [0.3, 0.4) is 0 Å². The number of rotatable bonds is 3. The minimum absolute atomic E-state index is 0.292. The number of benzene rings is 2. The van der Waals surface area contributed by atoms with E-state index in [0.29, 0.717) is 5.11 Å². The third-order valence-electron chi connectivity index (χ3n) is 2.47. The first kappa shape index (κ1) is 11.6. The molecule has 0 spiro atoms. The van der Waals surface area contributed by atoms with Crippen LogP contribution < -0.4 is 11.1 Å². The maximum Gasteiger partial charge on any atom is 0.168 e. The zero-order valence-corrected chi connectivity index (χ0v) is 10.2. The van der Waals surface area contributed by atoms with Crippen molar-refractivity contribution >= 4 is 23.0 Å². The predicted molar refractivity (Wildman–Crippen MR) is 76.1 cm³/mol. The molecule has 86 valence electrons. The predicted octanol–water partition coefficient (Wildman–Crippen LogP) is 2.93. The normalized spacial score (nSPS) is 9.88. The van der Waals surface area contributed by atoms with Crippen molar-refractivity contribution in [1.82, 2.24) is 0 Å². The highest BCUT2D eigenvalue weighted by Gasteiger charge is 1.97. The summed E-state index contributed by atoms with van der Waals surface area (Å²) in [7, 11) is 0. The molecule has 0 aliphatic carbocycles. The smallest absolute Gasteiger partial charge is 0.168 e. The molecule has 2 nitrogen and oxygen atoms in total. The van der Waals surface area contributed by atoms with Gasteiger partial charge < -0.3 is 11.1 Å². The first-order valence-electron chi connectivity index (χ1n) is 5.43. The second kappa shape index (κ2) is 5.46. The van der Waals surface area contributed by atoms with E-state index in [1.54, 1.807) is 0 Å². The van der Waals surface area contributed by atoms with Crippen LogP contribution in [0.2, 0.25) is 0 Å². The number of nitrogens with one attached hydrogen (secondary N) is 1. The zero-order chi connectivity index (χ0) is 12.1. The Labute approximate surface area is 106 Å². The quantitative estimate of drug-likeness (QED) is 0.813. The third-order valence-corrected chi connectivity index (χ3v) is 2.57. The Morgan fingerprint density at radius 3 is 2.12 bits per heavy atom. The van der Waals surface area contributed by atoms with E-state index in [2.05, 4.69) is 41.7 Å². The van der Waals surface area contributed by atoms with Crippen LogP contribution in [0.4, 0.5) is 5.69 Å². The third kappa shape index (κ3) is 3.57. The first-order valence-corrected chi connectivity index (χ1v) is 5.84. The lowest BCUT2D eigenvalue weighted by Gasteiger charge is -2.05. The Morgan fingerprint density at radius 1 is 0.941 bits per heavy atom. The first-order chi connectivity index (χ1) is 8.24. The molecule has 17 heavy (non-hydrogen) atoms. The van der Waals surface area contributed by atoms with Gasteiger partial charge in [0.05, 0.1) is 0 Å². The molecular weight excluding hydrogens is 228 g/mol. The monoisotopic (exact) mass is 242 g/mol. The largest absolute Gasteiger partial charge is 0.376 e. The van der Waals surface area contributed by atoms with E-state index in [1.165, 1.54) is 11.1 Å². The molecule has 3 N–H and O–H groups in total. The van der Waals surface area contributed by atoms with Gasteiger partial charge in [-0.1, -0.05) is 42.5 Å². The topological polar surface area (TPSA) is 38.0 Å². The van der Waals surface area contributed by atoms with Crippen LogP contribution in [0.5, 0.6) is 0 Å². The molecule has 2 aromatic carbocycles. The van der Waals surface area contributed by atoms with Gasteiger partial charge in [-0.2, -0.15) is 0 Å². The number of anilines is 1. The molecule has 3 heteroatoms. The summed E-state index contributed by atoms with van der Waals surface area (Å²) in [5.74, 6) is 0. The summed E-state index contributed by atoms with van der Waals surface area (Å²) in [6.45, 7) is 0. The van der Waals surface area contributed by atoms with Gasteiger partial charge in [0, 0.05) is 5.69 Å². The Morgan fingerprint density at radius 2 is 1.53 bits per heavy atom. The molecule has 0 aliphatic heterocycles. The highest BCUT2D eigenvalue weighted by atomic mass is 32.1. The van der Waals surface area contributed by atoms with E-state index in [9.17, 15) is 0 Å². The molecule has 0 radical (unpaired) electrons. The van der Waals surface area contributed by atoms with Crippen LogP contribution in [-0.4, -0.2) is 5.11 Å². The number of hydrogen-bond donors (Lipinski definition) is 2. The number of nitrogens with two attached hydrogens (primary N) is 1. The molecule has 2 rings (SSSR count). The van der Waals surface area contributed by atoms with Gasteiger partial charge in [0.2, 0.25) is 0 Å². The van der Waals surface area contributed by atoms with E-state index in [4.69, 9.17) is 18.0 Å². The Hall–Kier alpha value is -1.87. The van der Waals surface area contributed by atoms with Crippen LogP contribution in [0, 0.1) is 0 Å². The lowest BCUT2D eigenvalue weighted by Crippen LogP contribution is -2.18. The van der Waals surface area contributed by atoms with Gasteiger partial charge in [0.1, 0.15) is 0 Å². The van der Waals surface area contributed by atoms with Crippen molar-refractivity contribution in [2.24, 2.45) is 5.73 Å². The van der Waals surface area contributed by atoms with Crippen molar-refractivity contribution in [1.29, 1.82) is 0 Å². The fourth-order valence-corrected chi connectivity index (χ4v) is 1.80. The Kier molecular flexibility index (Phi) is 3.73. The van der Waals surface area contributed by atoms with Crippen molar-refractivity contribution in [3.8, 4) is 0 Å². The summed E-state index contributed by atoms with van der Waals surface area (Å²) in [6, 6.07) is 18.5. The van der Waals surface area contributed by atoms with Gasteiger partial charge in [-0.25, -0.2) is 0 Å². The second-order valence-corrected chi connectivity index (χ2v) is 4.29. The van der Waals surface area contributed by atoms with Gasteiger partial charge in [0.15, 0.2) is 5.11 Å². The molecule has 0 saturated heterocycles. The van der Waals surface area contributed by atoms with Crippen molar-refractivity contribution in [3.05, 3.63) is 65.7 Å². The van der Waals surface area contributed by atoms with Crippen molar-refractivity contribution in [2.75, 3.05) is 5.32 Å². The maximum absolute atomic E-state index is 5.41. The lowest BCUT2D eigenvalue weighted by molar-refractivity contribution is 1.19. The summed E-state index contributed by atoms with van der Waals surface area (Å²) < 4.78 is 0. The summed E-state index contributed by atoms with van der Waals surface area (Å²) >= 11 is 4.78. The van der Waals surface area contributed by atoms with Crippen LogP contribution in [0.1, 0.15) is 11.1 Å². The highest BCUT2D eigenvalue weighted by molar-refractivity contribution is 7.80. The fraction of sp³-hybridized carbons (Fsp3) is 0.0714. The molecule has 0 unspecified atom stereocenters. The molecule has 0 heterocycles. The van der Waals surface area contributed by atoms with E-state index in [0.717, 1.165) is 12.1 Å². The summed E-state index contributed by atoms with van der Waals surface area (Å²) in [4.78, 5) is 0. The Balaban J connectivity index is 2.06. The molecule has 0 fully saturated rings. The fourth-order valence-electron chi connectivity index (χ4n) is 1.68. The number of hydrogen-bond acceptors (Lipinski definition) is 1. The minimum atomic E-state index is 0.292. The molecule has 0 amide bonds. The van der Waals surface area contributed by atoms with Gasteiger partial charge in [-0.3, -0.25) is 0 Å². The molecule has 0 atom stereocenters. The van der Waals surface area contributed by atoms with E-state index >= 15 is 0 Å². The Bertz CT molecular complexity index is 491. The summed E-state index contributed by atoms with van der Waals surface area (Å²) in [5.41, 5.74) is 8.91. The van der Waals surface area contributed by atoms with Crippen LogP contribution >= 0.6 is 12.2 Å². The average molecular weight is 242 g/mol. The van der Waals surface area contributed by atoms with Gasteiger partial charge in [-0.15, -0.1) is 0 Å². The van der Waals surface area contributed by atoms with Crippen molar-refractivity contribution in [3.63, 3.8) is 0 Å². The minimum Gasteiger partial charge on any atom is -0.376 e. The lowest BCUT2D eigenvalue weighted by atomic mass is 10.1. The molecule has 0 saturated carbocycles. The van der Waals surface area contributed by atoms with Gasteiger partial charge >= 0.3 is 0 Å². The number of thiocarbonyl (C=S) groups is 1. The maximum atomic E-state index is 5.41. The van der Waals surface area contributed by atoms with Crippen molar-refractivity contribution < 1.29 is 0 Å². The van der Waals surface area contributed by atoms with Crippen LogP contribution in [-0.2, 0) is 6.42 Å². The second-order valence-electron chi connectivity index (χ2n) is 3.85. The molecule has 0 aromatic heterocycles. The standard InChI is InChI=1S/C14H14N2S/c15-14(17)16-13-8-6-12(7-9-13)10-11-4-2-1-3-5-11/h1-9H,10H2,(H3,15,16,17).